The molecule has 3 aliphatic rings. The topological polar surface area (TPSA) is 49.6 Å². The lowest BCUT2D eigenvalue weighted by Gasteiger charge is -2.41. The number of fused-ring (bicyclic) bond motifs is 3. The molecule has 2 aliphatic heterocycles. The average Bonchev–Trinajstić information content (AvgIpc) is 3.20. The molecule has 1 saturated carbocycles. The Morgan fingerprint density at radius 2 is 2.04 bits per heavy atom. The molecule has 128 valence electrons. The van der Waals surface area contributed by atoms with Gasteiger partial charge in [0.1, 0.15) is 5.82 Å². The third kappa shape index (κ3) is 2.12. The van der Waals surface area contributed by atoms with Crippen molar-refractivity contribution in [3.8, 4) is 0 Å². The van der Waals surface area contributed by atoms with E-state index in [0.717, 1.165) is 43.3 Å². The molecule has 0 N–H and O–H groups in total. The summed E-state index contributed by atoms with van der Waals surface area (Å²) >= 11 is 0. The molecule has 2 bridgehead atoms. The quantitative estimate of drug-likeness (QED) is 0.856. The maximum atomic E-state index is 13.0. The molecule has 0 radical (unpaired) electrons. The normalized spacial score (nSPS) is 29.5. The molecule has 8 heteroatoms. The van der Waals surface area contributed by atoms with Crippen LogP contribution in [0.2, 0.25) is 0 Å². The number of hydrogen-bond acceptors (Lipinski definition) is 5. The van der Waals surface area contributed by atoms with Crippen molar-refractivity contribution in [3.05, 3.63) is 18.2 Å². The molecule has 2 saturated heterocycles. The summed E-state index contributed by atoms with van der Waals surface area (Å²) in [5.41, 5.74) is 0.799. The third-order valence-corrected chi connectivity index (χ3v) is 5.77. The SMILES string of the molecule is Cc1nnc2c(N3CC4CC3CN4CC3CC(F)(F)C3)nccn12. The first kappa shape index (κ1) is 14.5. The Bertz CT molecular complexity index is 782. The zero-order valence-electron chi connectivity index (χ0n) is 13.6. The van der Waals surface area contributed by atoms with Crippen LogP contribution in [-0.2, 0) is 0 Å². The van der Waals surface area contributed by atoms with E-state index in [-0.39, 0.29) is 18.8 Å². The van der Waals surface area contributed by atoms with Gasteiger partial charge >= 0.3 is 0 Å². The van der Waals surface area contributed by atoms with Crippen LogP contribution in [0.4, 0.5) is 14.6 Å². The summed E-state index contributed by atoms with van der Waals surface area (Å²) < 4.78 is 28.0. The summed E-state index contributed by atoms with van der Waals surface area (Å²) in [4.78, 5) is 9.26. The minimum absolute atomic E-state index is 0.0600. The van der Waals surface area contributed by atoms with Gasteiger partial charge in [0.2, 0.25) is 11.6 Å². The molecule has 0 aromatic carbocycles. The van der Waals surface area contributed by atoms with E-state index in [1.807, 2.05) is 17.5 Å². The highest BCUT2D eigenvalue weighted by molar-refractivity contribution is 5.65. The van der Waals surface area contributed by atoms with Crippen LogP contribution < -0.4 is 4.90 Å². The van der Waals surface area contributed by atoms with Crippen LogP contribution in [0, 0.1) is 12.8 Å². The van der Waals surface area contributed by atoms with Crippen LogP contribution >= 0.6 is 0 Å². The zero-order valence-corrected chi connectivity index (χ0v) is 13.6. The standard InChI is InChI=1S/C16H20F2N6/c1-10-20-21-15-14(19-2-3-23(10)15)24-9-12-4-13(24)8-22(12)7-11-5-16(17,18)6-11/h2-3,11-13H,4-9H2,1H3. The molecule has 2 atom stereocenters. The number of nitrogens with zero attached hydrogens (tertiary/aromatic N) is 6. The molecular weight excluding hydrogens is 314 g/mol. The van der Waals surface area contributed by atoms with Crippen molar-refractivity contribution in [2.24, 2.45) is 5.92 Å². The van der Waals surface area contributed by atoms with Crippen LogP contribution in [0.5, 0.6) is 0 Å². The van der Waals surface area contributed by atoms with Gasteiger partial charge in [-0.2, -0.15) is 0 Å². The van der Waals surface area contributed by atoms with Gasteiger partial charge in [0.25, 0.3) is 0 Å². The number of piperazine rings is 1. The monoisotopic (exact) mass is 334 g/mol. The highest BCUT2D eigenvalue weighted by Crippen LogP contribution is 2.44. The molecule has 4 heterocycles. The molecule has 1 aliphatic carbocycles. The predicted molar refractivity (Wildman–Crippen MR) is 84.3 cm³/mol. The first-order chi connectivity index (χ1) is 11.5. The molecule has 0 amide bonds. The van der Waals surface area contributed by atoms with Crippen molar-refractivity contribution in [1.82, 2.24) is 24.5 Å². The van der Waals surface area contributed by atoms with Gasteiger partial charge in [-0.15, -0.1) is 10.2 Å². The fourth-order valence-corrected chi connectivity index (χ4v) is 4.61. The van der Waals surface area contributed by atoms with Crippen LogP contribution in [0.25, 0.3) is 5.65 Å². The number of halogens is 2. The van der Waals surface area contributed by atoms with E-state index in [4.69, 9.17) is 0 Å². The number of aryl methyl sites for hydroxylation is 1. The highest BCUT2D eigenvalue weighted by atomic mass is 19.3. The number of hydrogen-bond donors (Lipinski definition) is 0. The number of aromatic nitrogens is 4. The number of anilines is 1. The van der Waals surface area contributed by atoms with E-state index >= 15 is 0 Å². The molecule has 2 aromatic rings. The van der Waals surface area contributed by atoms with Crippen LogP contribution in [0.1, 0.15) is 25.1 Å². The van der Waals surface area contributed by atoms with Crippen molar-refractivity contribution >= 4 is 11.5 Å². The van der Waals surface area contributed by atoms with Crippen molar-refractivity contribution in [2.45, 2.75) is 44.2 Å². The van der Waals surface area contributed by atoms with Gasteiger partial charge in [-0.3, -0.25) is 9.30 Å². The molecule has 6 nitrogen and oxygen atoms in total. The van der Waals surface area contributed by atoms with Crippen LogP contribution in [0.3, 0.4) is 0 Å². The number of rotatable bonds is 3. The van der Waals surface area contributed by atoms with Crippen LogP contribution in [-0.4, -0.2) is 62.1 Å². The maximum Gasteiger partial charge on any atom is 0.248 e. The highest BCUT2D eigenvalue weighted by Gasteiger charge is 2.49. The van der Waals surface area contributed by atoms with E-state index in [1.165, 1.54) is 0 Å². The van der Waals surface area contributed by atoms with Gasteiger partial charge in [0, 0.05) is 57.0 Å². The second-order valence-electron chi connectivity index (χ2n) is 7.47. The van der Waals surface area contributed by atoms with Crippen LogP contribution in [0.15, 0.2) is 12.4 Å². The Morgan fingerprint density at radius 1 is 1.21 bits per heavy atom. The van der Waals surface area contributed by atoms with Crippen molar-refractivity contribution < 1.29 is 8.78 Å². The fourth-order valence-electron chi connectivity index (χ4n) is 4.61. The first-order valence-corrected chi connectivity index (χ1v) is 8.55. The third-order valence-electron chi connectivity index (χ3n) is 5.77. The summed E-state index contributed by atoms with van der Waals surface area (Å²) in [7, 11) is 0. The van der Waals surface area contributed by atoms with Crippen molar-refractivity contribution in [3.63, 3.8) is 0 Å². The number of likely N-dealkylation sites (tertiary alicyclic amines) is 1. The molecular formula is C16H20F2N6. The molecule has 0 spiro atoms. The summed E-state index contributed by atoms with van der Waals surface area (Å²) in [6, 6.07) is 0.835. The Labute approximate surface area is 138 Å². The lowest BCUT2D eigenvalue weighted by Crippen LogP contribution is -2.50. The Morgan fingerprint density at radius 3 is 2.75 bits per heavy atom. The van der Waals surface area contributed by atoms with E-state index in [1.54, 1.807) is 6.20 Å². The lowest BCUT2D eigenvalue weighted by atomic mass is 9.81. The van der Waals surface area contributed by atoms with E-state index in [0.29, 0.717) is 12.1 Å². The summed E-state index contributed by atoms with van der Waals surface area (Å²) in [6.07, 6.45) is 4.87. The molecule has 5 rings (SSSR count). The lowest BCUT2D eigenvalue weighted by molar-refractivity contribution is -0.117. The molecule has 2 aromatic heterocycles. The summed E-state index contributed by atoms with van der Waals surface area (Å²) in [5, 5.41) is 8.41. The summed E-state index contributed by atoms with van der Waals surface area (Å²) in [6.45, 7) is 4.57. The minimum atomic E-state index is -2.42. The first-order valence-electron chi connectivity index (χ1n) is 8.55. The Hall–Kier alpha value is -1.83. The van der Waals surface area contributed by atoms with Gasteiger partial charge in [0.15, 0.2) is 5.82 Å². The Balaban J connectivity index is 1.32. The second kappa shape index (κ2) is 4.84. The minimum Gasteiger partial charge on any atom is -0.348 e. The molecule has 2 unspecified atom stereocenters. The van der Waals surface area contributed by atoms with Gasteiger partial charge < -0.3 is 4.90 Å². The zero-order chi connectivity index (χ0) is 16.5. The smallest absolute Gasteiger partial charge is 0.248 e. The van der Waals surface area contributed by atoms with Gasteiger partial charge in [-0.25, -0.2) is 13.8 Å². The average molecular weight is 334 g/mol. The Kier molecular flexibility index (Phi) is 2.93. The van der Waals surface area contributed by atoms with Gasteiger partial charge in [-0.1, -0.05) is 0 Å². The number of alkyl halides is 2. The largest absolute Gasteiger partial charge is 0.348 e. The van der Waals surface area contributed by atoms with Gasteiger partial charge in [0.05, 0.1) is 0 Å². The second-order valence-corrected chi connectivity index (χ2v) is 7.47. The van der Waals surface area contributed by atoms with E-state index < -0.39 is 5.92 Å². The van der Waals surface area contributed by atoms with E-state index in [2.05, 4.69) is 25.0 Å². The van der Waals surface area contributed by atoms with E-state index in [9.17, 15) is 8.78 Å². The van der Waals surface area contributed by atoms with Crippen molar-refractivity contribution in [1.29, 1.82) is 0 Å². The summed E-state index contributed by atoms with van der Waals surface area (Å²) in [5.74, 6) is -0.514. The van der Waals surface area contributed by atoms with Crippen molar-refractivity contribution in [2.75, 3.05) is 24.5 Å². The molecule has 3 fully saturated rings. The van der Waals surface area contributed by atoms with Gasteiger partial charge in [-0.05, 0) is 19.3 Å². The maximum absolute atomic E-state index is 13.0. The predicted octanol–water partition coefficient (Wildman–Crippen LogP) is 1.74. The molecule has 24 heavy (non-hydrogen) atoms. The fraction of sp³-hybridized carbons (Fsp3) is 0.688.